The molecule has 0 saturated heterocycles. The zero-order chi connectivity index (χ0) is 14.8. The molecule has 1 atom stereocenters. The van der Waals surface area contributed by atoms with Gasteiger partial charge in [-0.05, 0) is 18.6 Å². The van der Waals surface area contributed by atoms with Gasteiger partial charge in [0, 0.05) is 24.7 Å². The van der Waals surface area contributed by atoms with Gasteiger partial charge in [-0.15, -0.1) is 0 Å². The molecule has 0 fully saturated rings. The Kier molecular flexibility index (Phi) is 3.64. The molecule has 0 spiro atoms. The predicted molar refractivity (Wildman–Crippen MR) is 78.0 cm³/mol. The summed E-state index contributed by atoms with van der Waals surface area (Å²) in [4.78, 5) is 16.3. The molecular weight excluding hydrogens is 268 g/mol. The van der Waals surface area contributed by atoms with Crippen LogP contribution < -0.4 is 4.74 Å². The first-order chi connectivity index (χ1) is 10.2. The summed E-state index contributed by atoms with van der Waals surface area (Å²) in [6.45, 7) is 0.789. The van der Waals surface area contributed by atoms with Gasteiger partial charge in [-0.1, -0.05) is 12.1 Å². The van der Waals surface area contributed by atoms with E-state index in [1.54, 1.807) is 7.11 Å². The van der Waals surface area contributed by atoms with Crippen LogP contribution in [-0.2, 0) is 22.5 Å². The monoisotopic (exact) mass is 286 g/mol. The van der Waals surface area contributed by atoms with Gasteiger partial charge in [0.15, 0.2) is 0 Å². The number of ether oxygens (including phenoxy) is 2. The third kappa shape index (κ3) is 2.51. The number of para-hydroxylation sites is 1. The Morgan fingerprint density at radius 3 is 2.90 bits per heavy atom. The Labute approximate surface area is 123 Å². The number of esters is 1. The minimum Gasteiger partial charge on any atom is -0.496 e. The predicted octanol–water partition coefficient (Wildman–Crippen LogP) is 2.29. The molecule has 0 amide bonds. The van der Waals surface area contributed by atoms with Crippen molar-refractivity contribution in [2.24, 2.45) is 5.92 Å². The standard InChI is InChI=1S/C16H18N2O3/c1-20-14-6-4-3-5-12(14)13-10-18-8-7-11(16(19)21-2)9-15(18)17-13/h3-6,10-11H,7-9H2,1-2H3. The Morgan fingerprint density at radius 2 is 2.14 bits per heavy atom. The van der Waals surface area contributed by atoms with Gasteiger partial charge in [-0.2, -0.15) is 0 Å². The van der Waals surface area contributed by atoms with E-state index in [2.05, 4.69) is 9.55 Å². The average Bonchev–Trinajstić information content (AvgIpc) is 2.96. The fourth-order valence-electron chi connectivity index (χ4n) is 2.78. The number of hydrogen-bond donors (Lipinski definition) is 0. The van der Waals surface area contributed by atoms with Crippen molar-refractivity contribution in [3.05, 3.63) is 36.3 Å². The lowest BCUT2D eigenvalue weighted by Gasteiger charge is -2.20. The molecule has 0 bridgehead atoms. The number of aromatic nitrogens is 2. The van der Waals surface area contributed by atoms with Crippen molar-refractivity contribution in [2.75, 3.05) is 14.2 Å². The Hall–Kier alpha value is -2.30. The lowest BCUT2D eigenvalue weighted by Crippen LogP contribution is -2.26. The van der Waals surface area contributed by atoms with Crippen LogP contribution in [0, 0.1) is 5.92 Å². The van der Waals surface area contributed by atoms with Gasteiger partial charge >= 0.3 is 5.97 Å². The fraction of sp³-hybridized carbons (Fsp3) is 0.375. The van der Waals surface area contributed by atoms with E-state index in [1.165, 1.54) is 7.11 Å². The molecule has 2 heterocycles. The minimum absolute atomic E-state index is 0.0876. The van der Waals surface area contributed by atoms with E-state index in [1.807, 2.05) is 30.5 Å². The molecule has 0 aliphatic carbocycles. The second-order valence-corrected chi connectivity index (χ2v) is 5.15. The second kappa shape index (κ2) is 5.60. The van der Waals surface area contributed by atoms with Crippen LogP contribution in [0.3, 0.4) is 0 Å². The quantitative estimate of drug-likeness (QED) is 0.812. The highest BCUT2D eigenvalue weighted by atomic mass is 16.5. The Bertz CT molecular complexity index is 663. The summed E-state index contributed by atoms with van der Waals surface area (Å²) in [6.07, 6.45) is 3.45. The largest absolute Gasteiger partial charge is 0.496 e. The van der Waals surface area contributed by atoms with Gasteiger partial charge in [0.05, 0.1) is 25.8 Å². The fourth-order valence-corrected chi connectivity index (χ4v) is 2.78. The molecular formula is C16H18N2O3. The van der Waals surface area contributed by atoms with E-state index >= 15 is 0 Å². The van der Waals surface area contributed by atoms with E-state index in [0.717, 1.165) is 35.8 Å². The zero-order valence-electron chi connectivity index (χ0n) is 12.2. The van der Waals surface area contributed by atoms with Crippen molar-refractivity contribution >= 4 is 5.97 Å². The number of methoxy groups -OCH3 is 2. The second-order valence-electron chi connectivity index (χ2n) is 5.15. The van der Waals surface area contributed by atoms with Crippen molar-refractivity contribution in [2.45, 2.75) is 19.4 Å². The summed E-state index contributed by atoms with van der Waals surface area (Å²) in [5, 5.41) is 0. The molecule has 0 N–H and O–H groups in total. The van der Waals surface area contributed by atoms with Gasteiger partial charge in [0.25, 0.3) is 0 Å². The van der Waals surface area contributed by atoms with Crippen LogP contribution in [-0.4, -0.2) is 29.7 Å². The molecule has 21 heavy (non-hydrogen) atoms. The molecule has 5 nitrogen and oxygen atoms in total. The van der Waals surface area contributed by atoms with E-state index in [-0.39, 0.29) is 11.9 Å². The van der Waals surface area contributed by atoms with E-state index in [9.17, 15) is 4.79 Å². The molecule has 1 aromatic heterocycles. The summed E-state index contributed by atoms with van der Waals surface area (Å²) in [5.74, 6) is 1.49. The topological polar surface area (TPSA) is 53.4 Å². The lowest BCUT2D eigenvalue weighted by atomic mass is 9.98. The first kappa shape index (κ1) is 13.7. The van der Waals surface area contributed by atoms with Crippen LogP contribution in [0.25, 0.3) is 11.3 Å². The van der Waals surface area contributed by atoms with Gasteiger partial charge in [0.2, 0.25) is 0 Å². The molecule has 1 aromatic carbocycles. The number of nitrogens with zero attached hydrogens (tertiary/aromatic N) is 2. The van der Waals surface area contributed by atoms with Crippen LogP contribution in [0.4, 0.5) is 0 Å². The van der Waals surface area contributed by atoms with Gasteiger partial charge < -0.3 is 14.0 Å². The van der Waals surface area contributed by atoms with Gasteiger partial charge in [-0.3, -0.25) is 4.79 Å². The summed E-state index contributed by atoms with van der Waals surface area (Å²) in [5.41, 5.74) is 1.85. The van der Waals surface area contributed by atoms with Crippen molar-refractivity contribution in [1.82, 2.24) is 9.55 Å². The summed E-state index contributed by atoms with van der Waals surface area (Å²) < 4.78 is 12.3. The van der Waals surface area contributed by atoms with Crippen LogP contribution in [0.5, 0.6) is 5.75 Å². The van der Waals surface area contributed by atoms with E-state index in [0.29, 0.717) is 6.42 Å². The Balaban J connectivity index is 1.92. The Morgan fingerprint density at radius 1 is 1.33 bits per heavy atom. The van der Waals surface area contributed by atoms with E-state index in [4.69, 9.17) is 9.47 Å². The summed E-state index contributed by atoms with van der Waals surface area (Å²) in [7, 11) is 3.09. The smallest absolute Gasteiger partial charge is 0.309 e. The van der Waals surface area contributed by atoms with Crippen molar-refractivity contribution in [1.29, 1.82) is 0 Å². The number of benzene rings is 1. The minimum atomic E-state index is -0.150. The molecule has 1 unspecified atom stereocenters. The zero-order valence-corrected chi connectivity index (χ0v) is 12.2. The molecule has 5 heteroatoms. The normalized spacial score (nSPS) is 17.1. The van der Waals surface area contributed by atoms with Gasteiger partial charge in [-0.25, -0.2) is 4.98 Å². The number of hydrogen-bond acceptors (Lipinski definition) is 4. The van der Waals surface area contributed by atoms with Crippen LogP contribution in [0.2, 0.25) is 0 Å². The number of carbonyl (C=O) groups excluding carboxylic acids is 1. The molecule has 1 aliphatic rings. The summed E-state index contributed by atoms with van der Waals surface area (Å²) in [6, 6.07) is 7.81. The molecule has 1 aliphatic heterocycles. The van der Waals surface area contributed by atoms with E-state index < -0.39 is 0 Å². The van der Waals surface area contributed by atoms with Crippen molar-refractivity contribution in [3.8, 4) is 17.0 Å². The molecule has 3 rings (SSSR count). The maximum Gasteiger partial charge on any atom is 0.309 e. The number of carbonyl (C=O) groups is 1. The first-order valence-corrected chi connectivity index (χ1v) is 7.00. The number of rotatable bonds is 3. The van der Waals surface area contributed by atoms with Crippen molar-refractivity contribution < 1.29 is 14.3 Å². The summed E-state index contributed by atoms with van der Waals surface area (Å²) >= 11 is 0. The van der Waals surface area contributed by atoms with Crippen LogP contribution in [0.15, 0.2) is 30.5 Å². The lowest BCUT2D eigenvalue weighted by molar-refractivity contribution is -0.146. The number of imidazole rings is 1. The molecule has 0 saturated carbocycles. The van der Waals surface area contributed by atoms with Crippen LogP contribution in [0.1, 0.15) is 12.2 Å². The van der Waals surface area contributed by atoms with Crippen LogP contribution >= 0.6 is 0 Å². The SMILES string of the molecule is COC(=O)C1CCn2cc(-c3ccccc3OC)nc2C1. The number of fused-ring (bicyclic) bond motifs is 1. The highest BCUT2D eigenvalue weighted by molar-refractivity contribution is 5.73. The van der Waals surface area contributed by atoms with Gasteiger partial charge in [0.1, 0.15) is 11.6 Å². The average molecular weight is 286 g/mol. The highest BCUT2D eigenvalue weighted by Crippen LogP contribution is 2.31. The third-order valence-electron chi connectivity index (χ3n) is 3.92. The molecule has 110 valence electrons. The maximum atomic E-state index is 11.7. The third-order valence-corrected chi connectivity index (χ3v) is 3.92. The van der Waals surface area contributed by atoms with Crippen molar-refractivity contribution in [3.63, 3.8) is 0 Å². The highest BCUT2D eigenvalue weighted by Gasteiger charge is 2.27. The first-order valence-electron chi connectivity index (χ1n) is 7.00. The maximum absolute atomic E-state index is 11.7. The number of aryl methyl sites for hydroxylation is 1. The molecule has 0 radical (unpaired) electrons. The molecule has 2 aromatic rings.